The molecule has 0 bridgehead atoms. The van der Waals surface area contributed by atoms with Gasteiger partial charge in [0.05, 0.1) is 5.56 Å². The monoisotopic (exact) mass is 415 g/mol. The third-order valence-electron chi connectivity index (χ3n) is 4.31. The minimum absolute atomic E-state index is 0.234. The third kappa shape index (κ3) is 4.80. The molecule has 1 aliphatic heterocycles. The van der Waals surface area contributed by atoms with Crippen LogP contribution in [0.5, 0.6) is 0 Å². The quantitative estimate of drug-likeness (QED) is 0.827. The fourth-order valence-corrected chi connectivity index (χ4v) is 3.26. The molecule has 1 fully saturated rings. The summed E-state index contributed by atoms with van der Waals surface area (Å²) in [4.78, 5) is 34.5. The van der Waals surface area contributed by atoms with Gasteiger partial charge in [-0.25, -0.2) is 9.97 Å². The van der Waals surface area contributed by atoms with Gasteiger partial charge >= 0.3 is 6.18 Å². The first-order valence-corrected chi connectivity index (χ1v) is 8.90. The smallest absolute Gasteiger partial charge is 0.350 e. The summed E-state index contributed by atoms with van der Waals surface area (Å²) in [5.41, 5.74) is -1.94. The van der Waals surface area contributed by atoms with E-state index in [1.165, 1.54) is 0 Å². The molecule has 1 aliphatic rings. The molecule has 0 radical (unpaired) electrons. The lowest BCUT2D eigenvalue weighted by Gasteiger charge is -2.33. The molecule has 2 aromatic rings. The molecule has 1 unspecified atom stereocenters. The number of pyridine rings is 1. The number of aromatic nitrogens is 3. The van der Waals surface area contributed by atoms with E-state index >= 15 is 0 Å². The van der Waals surface area contributed by atoms with E-state index in [4.69, 9.17) is 11.6 Å². The lowest BCUT2D eigenvalue weighted by molar-refractivity contribution is -0.138. The lowest BCUT2D eigenvalue weighted by atomic mass is 10.1. The molecule has 1 saturated heterocycles. The average molecular weight is 416 g/mol. The topological polar surface area (TPSA) is 80.1 Å². The number of nitrogens with one attached hydrogen (secondary N) is 1. The molecule has 28 heavy (non-hydrogen) atoms. The second-order valence-electron chi connectivity index (χ2n) is 6.41. The molecular formula is C17H17ClF3N5O2. The molecular weight excluding hydrogens is 399 g/mol. The van der Waals surface area contributed by atoms with Crippen LogP contribution < -0.4 is 15.8 Å². The molecule has 0 aromatic carbocycles. The predicted molar refractivity (Wildman–Crippen MR) is 96.1 cm³/mol. The predicted octanol–water partition coefficient (Wildman–Crippen LogP) is 2.10. The van der Waals surface area contributed by atoms with Crippen LogP contribution in [-0.4, -0.2) is 39.6 Å². The normalized spacial score (nSPS) is 17.4. The molecule has 1 atom stereocenters. The second kappa shape index (κ2) is 8.17. The van der Waals surface area contributed by atoms with Crippen LogP contribution in [0.2, 0.25) is 5.02 Å². The number of halogens is 4. The highest BCUT2D eigenvalue weighted by molar-refractivity contribution is 6.30. The first-order valence-electron chi connectivity index (χ1n) is 8.52. The van der Waals surface area contributed by atoms with Crippen molar-refractivity contribution in [3.05, 3.63) is 51.7 Å². The van der Waals surface area contributed by atoms with Crippen molar-refractivity contribution < 1.29 is 18.0 Å². The fourth-order valence-electron chi connectivity index (χ4n) is 3.03. The van der Waals surface area contributed by atoms with Crippen LogP contribution in [0.25, 0.3) is 0 Å². The number of piperidine rings is 1. The van der Waals surface area contributed by atoms with Gasteiger partial charge in [0.1, 0.15) is 11.6 Å². The number of alkyl halides is 3. The molecule has 7 nitrogen and oxygen atoms in total. The summed E-state index contributed by atoms with van der Waals surface area (Å²) in [5, 5.41) is 2.16. The van der Waals surface area contributed by atoms with Crippen molar-refractivity contribution in [3.8, 4) is 0 Å². The fraction of sp³-hybridized carbons (Fsp3) is 0.412. The lowest BCUT2D eigenvalue weighted by Crippen LogP contribution is -2.49. The van der Waals surface area contributed by atoms with Crippen LogP contribution in [0.3, 0.4) is 0 Å². The Kier molecular flexibility index (Phi) is 5.87. The molecule has 11 heteroatoms. The molecule has 150 valence electrons. The Hall–Kier alpha value is -2.62. The van der Waals surface area contributed by atoms with Crippen LogP contribution in [0, 0.1) is 0 Å². The van der Waals surface area contributed by atoms with Gasteiger partial charge in [0, 0.05) is 37.7 Å². The van der Waals surface area contributed by atoms with E-state index in [0.717, 1.165) is 13.0 Å². The first kappa shape index (κ1) is 20.1. The molecule has 1 N–H and O–H groups in total. The number of carbonyl (C=O) groups is 1. The molecule has 0 spiro atoms. The van der Waals surface area contributed by atoms with E-state index in [-0.39, 0.29) is 6.04 Å². The Morgan fingerprint density at radius 3 is 2.71 bits per heavy atom. The highest BCUT2D eigenvalue weighted by Gasteiger charge is 2.32. The Labute approximate surface area is 163 Å². The minimum Gasteiger partial charge on any atom is -0.350 e. The van der Waals surface area contributed by atoms with Crippen molar-refractivity contribution in [2.45, 2.75) is 31.6 Å². The van der Waals surface area contributed by atoms with Crippen molar-refractivity contribution in [1.29, 1.82) is 0 Å². The highest BCUT2D eigenvalue weighted by Crippen LogP contribution is 2.29. The summed E-state index contributed by atoms with van der Waals surface area (Å²) < 4.78 is 39.4. The van der Waals surface area contributed by atoms with E-state index in [0.29, 0.717) is 35.7 Å². The van der Waals surface area contributed by atoms with Crippen molar-refractivity contribution >= 4 is 23.5 Å². The zero-order chi connectivity index (χ0) is 20.3. The van der Waals surface area contributed by atoms with Gasteiger partial charge in [-0.15, -0.1) is 0 Å². The van der Waals surface area contributed by atoms with Gasteiger partial charge in [-0.3, -0.25) is 9.59 Å². The summed E-state index contributed by atoms with van der Waals surface area (Å²) >= 11 is 5.60. The summed E-state index contributed by atoms with van der Waals surface area (Å²) in [7, 11) is 0. The van der Waals surface area contributed by atoms with Gasteiger partial charge in [-0.2, -0.15) is 13.2 Å². The summed E-state index contributed by atoms with van der Waals surface area (Å²) in [6, 6.07) is 2.02. The number of amides is 1. The van der Waals surface area contributed by atoms with E-state index in [1.54, 1.807) is 18.5 Å². The van der Waals surface area contributed by atoms with Gasteiger partial charge in [-0.05, 0) is 25.0 Å². The number of hydrogen-bond acceptors (Lipinski definition) is 5. The van der Waals surface area contributed by atoms with E-state index in [1.807, 2.05) is 4.90 Å². The number of carbonyl (C=O) groups excluding carboxylic acids is 1. The number of hydrogen-bond donors (Lipinski definition) is 1. The van der Waals surface area contributed by atoms with Crippen LogP contribution in [-0.2, 0) is 17.5 Å². The Bertz CT molecular complexity index is 904. The molecule has 1 amide bonds. The maximum Gasteiger partial charge on any atom is 0.417 e. The van der Waals surface area contributed by atoms with Gasteiger partial charge in [-0.1, -0.05) is 11.6 Å². The maximum absolute atomic E-state index is 12.9. The summed E-state index contributed by atoms with van der Waals surface area (Å²) in [6.45, 7) is 0.647. The minimum atomic E-state index is -4.67. The molecule has 3 rings (SSSR count). The van der Waals surface area contributed by atoms with Gasteiger partial charge < -0.3 is 14.8 Å². The van der Waals surface area contributed by atoms with Crippen LogP contribution in [0.15, 0.2) is 35.5 Å². The molecule has 0 aliphatic carbocycles. The average Bonchev–Trinajstić information content (AvgIpc) is 2.65. The molecule has 3 heterocycles. The Balaban J connectivity index is 1.67. The second-order valence-corrected chi connectivity index (χ2v) is 6.82. The van der Waals surface area contributed by atoms with Crippen molar-refractivity contribution in [2.75, 3.05) is 18.0 Å². The van der Waals surface area contributed by atoms with E-state index in [2.05, 4.69) is 15.3 Å². The van der Waals surface area contributed by atoms with Crippen LogP contribution >= 0.6 is 11.6 Å². The summed E-state index contributed by atoms with van der Waals surface area (Å²) in [6.07, 6.45) is 0.655. The summed E-state index contributed by atoms with van der Waals surface area (Å²) in [5.74, 6) is -0.0272. The highest BCUT2D eigenvalue weighted by atomic mass is 35.5. The third-order valence-corrected chi connectivity index (χ3v) is 4.58. The van der Waals surface area contributed by atoms with Crippen molar-refractivity contribution in [2.24, 2.45) is 0 Å². The zero-order valence-corrected chi connectivity index (χ0v) is 15.4. The van der Waals surface area contributed by atoms with Gasteiger partial charge in [0.2, 0.25) is 11.9 Å². The zero-order valence-electron chi connectivity index (χ0n) is 14.6. The number of anilines is 1. The van der Waals surface area contributed by atoms with E-state index < -0.39 is 34.8 Å². The Morgan fingerprint density at radius 2 is 2.04 bits per heavy atom. The Morgan fingerprint density at radius 1 is 1.32 bits per heavy atom. The van der Waals surface area contributed by atoms with Crippen LogP contribution in [0.1, 0.15) is 18.4 Å². The van der Waals surface area contributed by atoms with Crippen molar-refractivity contribution in [3.63, 3.8) is 0 Å². The first-order chi connectivity index (χ1) is 13.2. The van der Waals surface area contributed by atoms with E-state index in [9.17, 15) is 22.8 Å². The molecule has 0 saturated carbocycles. The number of rotatable bonds is 4. The molecule has 2 aromatic heterocycles. The SMILES string of the molecule is O=C(Cn1cc(C(F)(F)F)cc(Cl)c1=O)NC1CCCN(c2ncccn2)C1. The van der Waals surface area contributed by atoms with Gasteiger partial charge in [0.15, 0.2) is 0 Å². The largest absolute Gasteiger partial charge is 0.417 e. The van der Waals surface area contributed by atoms with Gasteiger partial charge in [0.25, 0.3) is 5.56 Å². The number of nitrogens with zero attached hydrogens (tertiary/aromatic N) is 4. The maximum atomic E-state index is 12.9. The standard InChI is InChI=1S/C17H17ClF3N5O2/c18-13-7-11(17(19,20)21)8-26(15(13)28)10-14(27)24-12-3-1-6-25(9-12)16-22-4-2-5-23-16/h2,4-5,7-8,12H,1,3,6,9-10H2,(H,24,27). The van der Waals surface area contributed by atoms with Crippen molar-refractivity contribution in [1.82, 2.24) is 19.9 Å². The van der Waals surface area contributed by atoms with Crippen LogP contribution in [0.4, 0.5) is 19.1 Å².